The molecule has 0 unspecified atom stereocenters. The van der Waals surface area contributed by atoms with Crippen LogP contribution in [0.15, 0.2) is 48.5 Å². The van der Waals surface area contributed by atoms with Gasteiger partial charge in [0, 0.05) is 5.69 Å². The van der Waals surface area contributed by atoms with Crippen molar-refractivity contribution in [3.8, 4) is 0 Å². The average molecular weight is 288 g/mol. The van der Waals surface area contributed by atoms with E-state index in [1.807, 2.05) is 62.4 Å². The standard InChI is InChI=1S/C17H18ClNO/c1-13-8-9-14(2)16(10-13)19(17(20)11-18)12-15-6-4-3-5-7-15/h3-10H,11-12H2,1-2H3. The third-order valence-corrected chi connectivity index (χ3v) is 3.48. The number of carbonyl (C=O) groups is 1. The van der Waals surface area contributed by atoms with Crippen molar-refractivity contribution in [3.63, 3.8) is 0 Å². The summed E-state index contributed by atoms with van der Waals surface area (Å²) in [6, 6.07) is 16.1. The first-order chi connectivity index (χ1) is 9.61. The van der Waals surface area contributed by atoms with E-state index in [-0.39, 0.29) is 11.8 Å². The highest BCUT2D eigenvalue weighted by molar-refractivity contribution is 6.29. The lowest BCUT2D eigenvalue weighted by molar-refractivity contribution is -0.116. The molecular formula is C17H18ClNO. The zero-order valence-electron chi connectivity index (χ0n) is 11.8. The van der Waals surface area contributed by atoms with Crippen molar-refractivity contribution in [2.45, 2.75) is 20.4 Å². The first-order valence-corrected chi connectivity index (χ1v) is 7.13. The molecule has 0 aromatic heterocycles. The van der Waals surface area contributed by atoms with E-state index in [0.29, 0.717) is 6.54 Å². The highest BCUT2D eigenvalue weighted by Crippen LogP contribution is 2.24. The fourth-order valence-corrected chi connectivity index (χ4v) is 2.30. The van der Waals surface area contributed by atoms with E-state index in [2.05, 4.69) is 0 Å². The molecule has 2 aromatic carbocycles. The number of benzene rings is 2. The Balaban J connectivity index is 2.37. The molecule has 1 amide bonds. The minimum absolute atomic E-state index is 0.0137. The lowest BCUT2D eigenvalue weighted by Crippen LogP contribution is -2.32. The van der Waals surface area contributed by atoms with Crippen LogP contribution >= 0.6 is 11.6 Å². The van der Waals surface area contributed by atoms with Crippen molar-refractivity contribution in [1.29, 1.82) is 0 Å². The van der Waals surface area contributed by atoms with E-state index in [9.17, 15) is 4.79 Å². The lowest BCUT2D eigenvalue weighted by Gasteiger charge is -2.24. The van der Waals surface area contributed by atoms with Crippen LogP contribution in [0.3, 0.4) is 0 Å². The lowest BCUT2D eigenvalue weighted by atomic mass is 10.1. The summed E-state index contributed by atoms with van der Waals surface area (Å²) < 4.78 is 0. The Labute approximate surface area is 125 Å². The molecule has 20 heavy (non-hydrogen) atoms. The molecule has 0 bridgehead atoms. The van der Waals surface area contributed by atoms with Crippen LogP contribution in [0.2, 0.25) is 0 Å². The van der Waals surface area contributed by atoms with Crippen LogP contribution in [0, 0.1) is 13.8 Å². The quantitative estimate of drug-likeness (QED) is 0.776. The van der Waals surface area contributed by atoms with Gasteiger partial charge in [-0.3, -0.25) is 4.79 Å². The molecule has 0 saturated heterocycles. The van der Waals surface area contributed by atoms with E-state index >= 15 is 0 Å². The summed E-state index contributed by atoms with van der Waals surface area (Å²) in [5.41, 5.74) is 4.22. The summed E-state index contributed by atoms with van der Waals surface area (Å²) >= 11 is 5.76. The molecule has 0 saturated carbocycles. The fraction of sp³-hybridized carbons (Fsp3) is 0.235. The van der Waals surface area contributed by atoms with Crippen molar-refractivity contribution < 1.29 is 4.79 Å². The molecule has 0 fully saturated rings. The van der Waals surface area contributed by atoms with E-state index in [1.165, 1.54) is 0 Å². The molecule has 0 N–H and O–H groups in total. The Morgan fingerprint density at radius 1 is 1.10 bits per heavy atom. The molecule has 0 radical (unpaired) electrons. The highest BCUT2D eigenvalue weighted by Gasteiger charge is 2.17. The molecule has 0 atom stereocenters. The minimum Gasteiger partial charge on any atom is -0.307 e. The number of anilines is 1. The smallest absolute Gasteiger partial charge is 0.242 e. The second kappa shape index (κ2) is 6.58. The van der Waals surface area contributed by atoms with E-state index in [0.717, 1.165) is 22.4 Å². The summed E-state index contributed by atoms with van der Waals surface area (Å²) in [5, 5.41) is 0. The maximum Gasteiger partial charge on any atom is 0.242 e. The van der Waals surface area contributed by atoms with Gasteiger partial charge in [0.15, 0.2) is 0 Å². The first-order valence-electron chi connectivity index (χ1n) is 6.59. The number of hydrogen-bond donors (Lipinski definition) is 0. The largest absolute Gasteiger partial charge is 0.307 e. The van der Waals surface area contributed by atoms with Gasteiger partial charge in [-0.2, -0.15) is 0 Å². The summed E-state index contributed by atoms with van der Waals surface area (Å²) in [6.45, 7) is 4.57. The number of halogens is 1. The van der Waals surface area contributed by atoms with Crippen molar-refractivity contribution in [3.05, 3.63) is 65.2 Å². The van der Waals surface area contributed by atoms with Crippen LogP contribution in [0.4, 0.5) is 5.69 Å². The van der Waals surface area contributed by atoms with Gasteiger partial charge in [-0.1, -0.05) is 42.5 Å². The minimum atomic E-state index is -0.0794. The summed E-state index contributed by atoms with van der Waals surface area (Å²) in [7, 11) is 0. The van der Waals surface area contributed by atoms with Gasteiger partial charge in [-0.15, -0.1) is 11.6 Å². The van der Waals surface area contributed by atoms with Crippen LogP contribution < -0.4 is 4.90 Å². The zero-order valence-corrected chi connectivity index (χ0v) is 12.5. The van der Waals surface area contributed by atoms with Crippen LogP contribution in [0.25, 0.3) is 0 Å². The normalized spacial score (nSPS) is 10.3. The number of nitrogens with zero attached hydrogens (tertiary/aromatic N) is 1. The second-order valence-corrected chi connectivity index (χ2v) is 5.16. The molecule has 0 heterocycles. The molecule has 2 rings (SSSR count). The van der Waals surface area contributed by atoms with E-state index < -0.39 is 0 Å². The van der Waals surface area contributed by atoms with Crippen molar-refractivity contribution in [2.24, 2.45) is 0 Å². The molecule has 3 heteroatoms. The van der Waals surface area contributed by atoms with Gasteiger partial charge in [0.1, 0.15) is 5.88 Å². The Morgan fingerprint density at radius 3 is 2.45 bits per heavy atom. The van der Waals surface area contributed by atoms with Gasteiger partial charge in [-0.25, -0.2) is 0 Å². The third kappa shape index (κ3) is 3.40. The molecule has 0 aliphatic heterocycles. The van der Waals surface area contributed by atoms with E-state index in [4.69, 9.17) is 11.6 Å². The fourth-order valence-electron chi connectivity index (χ4n) is 2.16. The molecule has 104 valence electrons. The number of carbonyl (C=O) groups excluding carboxylic acids is 1. The van der Waals surface area contributed by atoms with Crippen LogP contribution in [0.1, 0.15) is 16.7 Å². The number of aryl methyl sites for hydroxylation is 2. The average Bonchev–Trinajstić information content (AvgIpc) is 2.48. The monoisotopic (exact) mass is 287 g/mol. The summed E-state index contributed by atoms with van der Waals surface area (Å²) in [6.07, 6.45) is 0. The van der Waals surface area contributed by atoms with Gasteiger partial charge in [-0.05, 0) is 36.6 Å². The second-order valence-electron chi connectivity index (χ2n) is 4.89. The SMILES string of the molecule is Cc1ccc(C)c(N(Cc2ccccc2)C(=O)CCl)c1. The van der Waals surface area contributed by atoms with Crippen LogP contribution in [0.5, 0.6) is 0 Å². The van der Waals surface area contributed by atoms with E-state index in [1.54, 1.807) is 4.90 Å². The Morgan fingerprint density at radius 2 is 1.80 bits per heavy atom. The first kappa shape index (κ1) is 14.6. The number of alkyl halides is 1. The van der Waals surface area contributed by atoms with Crippen molar-refractivity contribution in [2.75, 3.05) is 10.8 Å². The predicted octanol–water partition coefficient (Wildman–Crippen LogP) is 4.08. The Bertz CT molecular complexity index is 595. The molecular weight excluding hydrogens is 270 g/mol. The molecule has 0 aliphatic rings. The maximum atomic E-state index is 12.2. The molecule has 0 aliphatic carbocycles. The van der Waals surface area contributed by atoms with Gasteiger partial charge >= 0.3 is 0 Å². The van der Waals surface area contributed by atoms with Crippen molar-refractivity contribution >= 4 is 23.2 Å². The maximum absolute atomic E-state index is 12.2. The summed E-state index contributed by atoms with van der Waals surface area (Å²) in [4.78, 5) is 13.9. The third-order valence-electron chi connectivity index (χ3n) is 3.25. The summed E-state index contributed by atoms with van der Waals surface area (Å²) in [5.74, 6) is -0.0931. The predicted molar refractivity (Wildman–Crippen MR) is 84.3 cm³/mol. The zero-order chi connectivity index (χ0) is 14.5. The number of rotatable bonds is 4. The highest BCUT2D eigenvalue weighted by atomic mass is 35.5. The van der Waals surface area contributed by atoms with Crippen LogP contribution in [-0.2, 0) is 11.3 Å². The molecule has 2 aromatic rings. The van der Waals surface area contributed by atoms with Gasteiger partial charge in [0.05, 0.1) is 6.54 Å². The number of amides is 1. The van der Waals surface area contributed by atoms with Gasteiger partial charge in [0.25, 0.3) is 0 Å². The van der Waals surface area contributed by atoms with Gasteiger partial charge in [0.2, 0.25) is 5.91 Å². The van der Waals surface area contributed by atoms with Crippen LogP contribution in [-0.4, -0.2) is 11.8 Å². The molecule has 0 spiro atoms. The Kier molecular flexibility index (Phi) is 4.80. The Hall–Kier alpha value is -1.80. The van der Waals surface area contributed by atoms with Crippen molar-refractivity contribution in [1.82, 2.24) is 0 Å². The topological polar surface area (TPSA) is 20.3 Å². The molecule has 2 nitrogen and oxygen atoms in total. The number of hydrogen-bond acceptors (Lipinski definition) is 1. The van der Waals surface area contributed by atoms with Gasteiger partial charge < -0.3 is 4.90 Å².